The molecule has 2 aliphatic carbocycles. The molecule has 2 saturated carbocycles. The van der Waals surface area contributed by atoms with Crippen molar-refractivity contribution in [2.75, 3.05) is 6.61 Å². The van der Waals surface area contributed by atoms with Crippen molar-refractivity contribution in [3.05, 3.63) is 34.9 Å². The third-order valence-electron chi connectivity index (χ3n) is 5.38. The van der Waals surface area contributed by atoms with Gasteiger partial charge in [0.2, 0.25) is 0 Å². The van der Waals surface area contributed by atoms with E-state index >= 15 is 0 Å². The summed E-state index contributed by atoms with van der Waals surface area (Å²) < 4.78 is 5.92. The fourth-order valence-corrected chi connectivity index (χ4v) is 4.17. The van der Waals surface area contributed by atoms with Gasteiger partial charge < -0.3 is 10.1 Å². The van der Waals surface area contributed by atoms with Crippen LogP contribution in [0.1, 0.15) is 45.1 Å². The van der Waals surface area contributed by atoms with Gasteiger partial charge in [-0.3, -0.25) is 0 Å². The van der Waals surface area contributed by atoms with Crippen molar-refractivity contribution in [1.82, 2.24) is 5.32 Å². The standard InChI is InChI=1S/C18H26ClNO/c1-3-21-17-12-16(18(17)9-4-10-18)20-13(2)11-14-5-7-15(19)8-6-14/h5-8,13,16-17,20H,3-4,9-12H2,1-2H3. The average Bonchev–Trinajstić information content (AvgIpc) is 2.38. The third kappa shape index (κ3) is 2.99. The van der Waals surface area contributed by atoms with Gasteiger partial charge in [-0.05, 0) is 57.2 Å². The van der Waals surface area contributed by atoms with Gasteiger partial charge in [-0.15, -0.1) is 0 Å². The van der Waals surface area contributed by atoms with Gasteiger partial charge in [-0.25, -0.2) is 0 Å². The summed E-state index contributed by atoms with van der Waals surface area (Å²) in [6.45, 7) is 5.24. The minimum absolute atomic E-state index is 0.449. The largest absolute Gasteiger partial charge is 0.378 e. The Morgan fingerprint density at radius 1 is 1.33 bits per heavy atom. The molecule has 1 N–H and O–H groups in total. The molecule has 116 valence electrons. The first-order valence-corrected chi connectivity index (χ1v) is 8.64. The van der Waals surface area contributed by atoms with Crippen LogP contribution in [0.5, 0.6) is 0 Å². The molecule has 3 rings (SSSR count). The molecule has 1 spiro atoms. The predicted molar refractivity (Wildman–Crippen MR) is 87.9 cm³/mol. The van der Waals surface area contributed by atoms with Crippen LogP contribution >= 0.6 is 11.6 Å². The van der Waals surface area contributed by atoms with Gasteiger partial charge in [0.1, 0.15) is 0 Å². The molecule has 2 aliphatic rings. The van der Waals surface area contributed by atoms with Crippen LogP contribution in [0.2, 0.25) is 5.02 Å². The summed E-state index contributed by atoms with van der Waals surface area (Å²) in [5.41, 5.74) is 1.80. The number of hydrogen-bond acceptors (Lipinski definition) is 2. The lowest BCUT2D eigenvalue weighted by molar-refractivity contribution is -0.174. The van der Waals surface area contributed by atoms with Gasteiger partial charge >= 0.3 is 0 Å². The van der Waals surface area contributed by atoms with Crippen molar-refractivity contribution < 1.29 is 4.74 Å². The number of halogens is 1. The van der Waals surface area contributed by atoms with Gasteiger partial charge in [-0.1, -0.05) is 30.2 Å². The minimum Gasteiger partial charge on any atom is -0.378 e. The average molecular weight is 308 g/mol. The van der Waals surface area contributed by atoms with Crippen molar-refractivity contribution in [2.45, 2.75) is 64.1 Å². The molecule has 21 heavy (non-hydrogen) atoms. The second-order valence-electron chi connectivity index (χ2n) is 6.72. The zero-order valence-electron chi connectivity index (χ0n) is 13.1. The van der Waals surface area contributed by atoms with E-state index in [-0.39, 0.29) is 0 Å². The van der Waals surface area contributed by atoms with E-state index in [4.69, 9.17) is 16.3 Å². The summed E-state index contributed by atoms with van der Waals surface area (Å²) in [7, 11) is 0. The Morgan fingerprint density at radius 2 is 2.05 bits per heavy atom. The van der Waals surface area contributed by atoms with Crippen molar-refractivity contribution in [1.29, 1.82) is 0 Å². The molecule has 0 aromatic heterocycles. The number of rotatable bonds is 6. The lowest BCUT2D eigenvalue weighted by atomic mass is 9.51. The highest BCUT2D eigenvalue weighted by Gasteiger charge is 2.58. The summed E-state index contributed by atoms with van der Waals surface area (Å²) in [5.74, 6) is 0. The summed E-state index contributed by atoms with van der Waals surface area (Å²) in [4.78, 5) is 0. The van der Waals surface area contributed by atoms with E-state index in [1.54, 1.807) is 0 Å². The molecule has 0 aliphatic heterocycles. The van der Waals surface area contributed by atoms with Crippen molar-refractivity contribution in [3.8, 4) is 0 Å². The maximum Gasteiger partial charge on any atom is 0.0661 e. The normalized spacial score (nSPS) is 28.0. The van der Waals surface area contributed by atoms with Crippen LogP contribution in [0.4, 0.5) is 0 Å². The van der Waals surface area contributed by atoms with Crippen LogP contribution in [0.3, 0.4) is 0 Å². The highest BCUT2D eigenvalue weighted by molar-refractivity contribution is 6.30. The molecule has 1 aromatic carbocycles. The first kappa shape index (κ1) is 15.3. The van der Waals surface area contributed by atoms with E-state index in [2.05, 4.69) is 31.3 Å². The maximum atomic E-state index is 5.94. The van der Waals surface area contributed by atoms with Crippen molar-refractivity contribution >= 4 is 11.6 Å². The van der Waals surface area contributed by atoms with Crippen molar-refractivity contribution in [3.63, 3.8) is 0 Å². The number of nitrogens with one attached hydrogen (secondary N) is 1. The zero-order valence-corrected chi connectivity index (χ0v) is 13.8. The number of hydrogen-bond donors (Lipinski definition) is 1. The van der Waals surface area contributed by atoms with Crippen LogP contribution in [0.15, 0.2) is 24.3 Å². The molecular formula is C18H26ClNO. The smallest absolute Gasteiger partial charge is 0.0661 e. The van der Waals surface area contributed by atoms with Crippen LogP contribution in [0.25, 0.3) is 0 Å². The number of ether oxygens (including phenoxy) is 1. The lowest BCUT2D eigenvalue weighted by Gasteiger charge is -2.61. The maximum absolute atomic E-state index is 5.94. The Labute approximate surface area is 133 Å². The molecule has 0 amide bonds. The second-order valence-corrected chi connectivity index (χ2v) is 7.15. The quantitative estimate of drug-likeness (QED) is 0.850. The SMILES string of the molecule is CCOC1CC(NC(C)Cc2ccc(Cl)cc2)C12CCC2. The first-order valence-electron chi connectivity index (χ1n) is 8.26. The minimum atomic E-state index is 0.449. The fourth-order valence-electron chi connectivity index (χ4n) is 4.05. The topological polar surface area (TPSA) is 21.3 Å². The molecule has 3 heteroatoms. The second kappa shape index (κ2) is 6.28. The molecule has 0 radical (unpaired) electrons. The first-order chi connectivity index (χ1) is 10.1. The van der Waals surface area contributed by atoms with E-state index in [9.17, 15) is 0 Å². The zero-order chi connectivity index (χ0) is 14.9. The highest BCUT2D eigenvalue weighted by atomic mass is 35.5. The molecular weight excluding hydrogens is 282 g/mol. The van der Waals surface area contributed by atoms with Gasteiger partial charge in [0.25, 0.3) is 0 Å². The lowest BCUT2D eigenvalue weighted by Crippen LogP contribution is -2.68. The monoisotopic (exact) mass is 307 g/mol. The van der Waals surface area contributed by atoms with E-state index in [0.717, 1.165) is 18.1 Å². The van der Waals surface area contributed by atoms with Gasteiger partial charge in [-0.2, -0.15) is 0 Å². The molecule has 1 aromatic rings. The molecule has 2 fully saturated rings. The van der Waals surface area contributed by atoms with Crippen LogP contribution in [0, 0.1) is 5.41 Å². The molecule has 3 atom stereocenters. The van der Waals surface area contributed by atoms with Crippen LogP contribution < -0.4 is 5.32 Å². The Kier molecular flexibility index (Phi) is 4.58. The van der Waals surface area contributed by atoms with Crippen LogP contribution in [-0.4, -0.2) is 24.8 Å². The fraction of sp³-hybridized carbons (Fsp3) is 0.667. The van der Waals surface area contributed by atoms with Crippen molar-refractivity contribution in [2.24, 2.45) is 5.41 Å². The molecule has 2 nitrogen and oxygen atoms in total. The molecule has 0 heterocycles. The molecule has 0 saturated heterocycles. The summed E-state index contributed by atoms with van der Waals surface area (Å²) >= 11 is 5.94. The highest BCUT2D eigenvalue weighted by Crippen LogP contribution is 2.57. The van der Waals surface area contributed by atoms with Crippen LogP contribution in [-0.2, 0) is 11.2 Å². The summed E-state index contributed by atoms with van der Waals surface area (Å²) in [6.07, 6.45) is 6.78. The third-order valence-corrected chi connectivity index (χ3v) is 5.63. The Hall–Kier alpha value is -0.570. The molecule has 0 bridgehead atoms. The van der Waals surface area contributed by atoms with E-state index in [1.807, 2.05) is 12.1 Å². The number of benzene rings is 1. The van der Waals surface area contributed by atoms with Gasteiger partial charge in [0.15, 0.2) is 0 Å². The summed E-state index contributed by atoms with van der Waals surface area (Å²) in [6, 6.07) is 9.35. The Balaban J connectivity index is 1.53. The molecule has 3 unspecified atom stereocenters. The Morgan fingerprint density at radius 3 is 2.62 bits per heavy atom. The summed E-state index contributed by atoms with van der Waals surface area (Å²) in [5, 5.41) is 4.66. The van der Waals surface area contributed by atoms with E-state index < -0.39 is 0 Å². The van der Waals surface area contributed by atoms with E-state index in [1.165, 1.54) is 31.2 Å². The van der Waals surface area contributed by atoms with Gasteiger partial charge in [0.05, 0.1) is 6.10 Å². The Bertz CT molecular complexity index is 469. The predicted octanol–water partition coefficient (Wildman–Crippen LogP) is 4.21. The van der Waals surface area contributed by atoms with Gasteiger partial charge in [0, 0.05) is 29.1 Å². The van der Waals surface area contributed by atoms with E-state index in [0.29, 0.717) is 23.6 Å².